The van der Waals surface area contributed by atoms with Gasteiger partial charge in [-0.15, -0.1) is 0 Å². The summed E-state index contributed by atoms with van der Waals surface area (Å²) in [6.45, 7) is 4.01. The molecular weight excluding hydrogens is 280 g/mol. The maximum atomic E-state index is 12.5. The summed E-state index contributed by atoms with van der Waals surface area (Å²) in [5.41, 5.74) is 2.42. The highest BCUT2D eigenvalue weighted by molar-refractivity contribution is 6.01. The summed E-state index contributed by atoms with van der Waals surface area (Å²) in [5.74, 6) is -1.29. The van der Waals surface area contributed by atoms with Crippen LogP contribution in [0.3, 0.4) is 0 Å². The minimum Gasteiger partial charge on any atom is -0.480 e. The lowest BCUT2D eigenvalue weighted by Crippen LogP contribution is -2.52. The molecule has 0 atom stereocenters. The first kappa shape index (κ1) is 14.6. The number of carbonyl (C=O) groups is 2. The van der Waals surface area contributed by atoms with E-state index in [4.69, 9.17) is 0 Å². The molecule has 1 aromatic carbocycles. The third kappa shape index (κ3) is 2.36. The largest absolute Gasteiger partial charge is 0.480 e. The number of benzene rings is 1. The van der Waals surface area contributed by atoms with E-state index in [1.165, 1.54) is 0 Å². The summed E-state index contributed by atoms with van der Waals surface area (Å²) in [5, 5.41) is 13.2. The average Bonchev–Trinajstić information content (AvgIpc) is 3.05. The summed E-state index contributed by atoms with van der Waals surface area (Å²) in [7, 11) is 0. The molecule has 3 N–H and O–H groups in total. The van der Waals surface area contributed by atoms with Gasteiger partial charge in [-0.1, -0.05) is 18.9 Å². The van der Waals surface area contributed by atoms with Gasteiger partial charge in [-0.05, 0) is 49.9 Å². The Balaban J connectivity index is 1.92. The van der Waals surface area contributed by atoms with Crippen molar-refractivity contribution in [3.05, 3.63) is 35.0 Å². The minimum absolute atomic E-state index is 0.349. The fourth-order valence-corrected chi connectivity index (χ4v) is 3.38. The first-order valence-electron chi connectivity index (χ1n) is 7.57. The minimum atomic E-state index is -1.11. The number of aliphatic carboxylic acids is 1. The molecule has 0 unspecified atom stereocenters. The SMILES string of the molecule is Cc1cc(C)c2cc(C(=O)NC3(C(=O)O)CCCC3)[nH]c2c1. The second-order valence-electron chi connectivity index (χ2n) is 6.27. The van der Waals surface area contributed by atoms with Crippen molar-refractivity contribution in [1.82, 2.24) is 10.3 Å². The Hall–Kier alpha value is -2.30. The zero-order chi connectivity index (χ0) is 15.9. The summed E-state index contributed by atoms with van der Waals surface area (Å²) >= 11 is 0. The number of nitrogens with one attached hydrogen (secondary N) is 2. The van der Waals surface area contributed by atoms with Crippen LogP contribution in [-0.2, 0) is 4.79 Å². The Kier molecular flexibility index (Phi) is 3.43. The zero-order valence-corrected chi connectivity index (χ0v) is 12.8. The molecular formula is C17H20N2O3. The number of hydrogen-bond acceptors (Lipinski definition) is 2. The first-order chi connectivity index (χ1) is 10.4. The fourth-order valence-electron chi connectivity index (χ4n) is 3.38. The van der Waals surface area contributed by atoms with Gasteiger partial charge in [-0.3, -0.25) is 4.79 Å². The standard InChI is InChI=1S/C17H20N2O3/c1-10-7-11(2)12-9-14(18-13(12)8-10)15(20)19-17(16(21)22)5-3-4-6-17/h7-9,18H,3-6H2,1-2H3,(H,19,20)(H,21,22). The van der Waals surface area contributed by atoms with Gasteiger partial charge in [-0.25, -0.2) is 4.79 Å². The second kappa shape index (κ2) is 5.16. The number of rotatable bonds is 3. The van der Waals surface area contributed by atoms with Gasteiger partial charge in [0.05, 0.1) is 0 Å². The van der Waals surface area contributed by atoms with Crippen molar-refractivity contribution < 1.29 is 14.7 Å². The maximum absolute atomic E-state index is 12.5. The van der Waals surface area contributed by atoms with Crippen LogP contribution in [0.1, 0.15) is 47.3 Å². The van der Waals surface area contributed by atoms with Crippen molar-refractivity contribution in [2.75, 3.05) is 0 Å². The molecule has 0 spiro atoms. The Morgan fingerprint density at radius 3 is 2.50 bits per heavy atom. The molecule has 1 aromatic heterocycles. The third-order valence-electron chi connectivity index (χ3n) is 4.55. The van der Waals surface area contributed by atoms with Crippen molar-refractivity contribution in [1.29, 1.82) is 0 Å². The van der Waals surface area contributed by atoms with E-state index in [0.29, 0.717) is 18.5 Å². The number of carbonyl (C=O) groups excluding carboxylic acids is 1. The zero-order valence-electron chi connectivity index (χ0n) is 12.8. The van der Waals surface area contributed by atoms with Crippen molar-refractivity contribution in [3.8, 4) is 0 Å². The summed E-state index contributed by atoms with van der Waals surface area (Å²) in [6, 6.07) is 5.85. The van der Waals surface area contributed by atoms with Crippen LogP contribution in [0.4, 0.5) is 0 Å². The third-order valence-corrected chi connectivity index (χ3v) is 4.55. The van der Waals surface area contributed by atoms with Crippen molar-refractivity contribution in [2.24, 2.45) is 0 Å². The van der Waals surface area contributed by atoms with E-state index in [-0.39, 0.29) is 5.91 Å². The highest BCUT2D eigenvalue weighted by atomic mass is 16.4. The predicted molar refractivity (Wildman–Crippen MR) is 84.1 cm³/mol. The topological polar surface area (TPSA) is 82.2 Å². The molecule has 1 fully saturated rings. The lowest BCUT2D eigenvalue weighted by molar-refractivity contribution is -0.144. The number of hydrogen-bond donors (Lipinski definition) is 3. The quantitative estimate of drug-likeness (QED) is 0.815. The number of H-pyrrole nitrogens is 1. The fraction of sp³-hybridized carbons (Fsp3) is 0.412. The van der Waals surface area contributed by atoms with E-state index in [0.717, 1.165) is 34.9 Å². The molecule has 1 aliphatic rings. The van der Waals surface area contributed by atoms with Gasteiger partial charge in [0, 0.05) is 10.9 Å². The number of aryl methyl sites for hydroxylation is 2. The van der Waals surface area contributed by atoms with E-state index in [1.54, 1.807) is 6.07 Å². The van der Waals surface area contributed by atoms with E-state index in [2.05, 4.69) is 16.4 Å². The molecule has 3 rings (SSSR count). The van der Waals surface area contributed by atoms with Gasteiger partial charge >= 0.3 is 5.97 Å². The Morgan fingerprint density at radius 1 is 1.18 bits per heavy atom. The van der Waals surface area contributed by atoms with Crippen LogP contribution in [0.5, 0.6) is 0 Å². The lowest BCUT2D eigenvalue weighted by Gasteiger charge is -2.24. The van der Waals surface area contributed by atoms with Crippen LogP contribution in [0.15, 0.2) is 18.2 Å². The summed E-state index contributed by atoms with van der Waals surface area (Å²) in [6.07, 6.45) is 2.65. The van der Waals surface area contributed by atoms with Crippen molar-refractivity contribution in [2.45, 2.75) is 45.1 Å². The number of carboxylic acids is 1. The molecule has 1 saturated carbocycles. The molecule has 1 amide bonds. The van der Waals surface area contributed by atoms with E-state index < -0.39 is 11.5 Å². The molecule has 1 aliphatic carbocycles. The Bertz CT molecular complexity index is 755. The van der Waals surface area contributed by atoms with Gasteiger partial charge in [-0.2, -0.15) is 0 Å². The first-order valence-corrected chi connectivity index (χ1v) is 7.57. The number of aromatic nitrogens is 1. The second-order valence-corrected chi connectivity index (χ2v) is 6.27. The molecule has 2 aromatic rings. The Morgan fingerprint density at radius 2 is 1.86 bits per heavy atom. The molecule has 5 heteroatoms. The molecule has 22 heavy (non-hydrogen) atoms. The van der Waals surface area contributed by atoms with Gasteiger partial charge in [0.1, 0.15) is 11.2 Å². The van der Waals surface area contributed by atoms with Crippen LogP contribution >= 0.6 is 0 Å². The van der Waals surface area contributed by atoms with Crippen LogP contribution in [0.25, 0.3) is 10.9 Å². The monoisotopic (exact) mass is 300 g/mol. The predicted octanol–water partition coefficient (Wildman–Crippen LogP) is 2.91. The van der Waals surface area contributed by atoms with Gasteiger partial charge in [0.25, 0.3) is 5.91 Å². The smallest absolute Gasteiger partial charge is 0.329 e. The van der Waals surface area contributed by atoms with Crippen LogP contribution in [0.2, 0.25) is 0 Å². The molecule has 0 saturated heterocycles. The van der Waals surface area contributed by atoms with E-state index in [1.807, 2.05) is 19.9 Å². The Labute approximate surface area is 128 Å². The van der Waals surface area contributed by atoms with Gasteiger partial charge in [0.15, 0.2) is 0 Å². The lowest BCUT2D eigenvalue weighted by atomic mass is 9.97. The van der Waals surface area contributed by atoms with E-state index >= 15 is 0 Å². The highest BCUT2D eigenvalue weighted by Crippen LogP contribution is 2.30. The number of aromatic amines is 1. The molecule has 0 radical (unpaired) electrons. The summed E-state index contributed by atoms with van der Waals surface area (Å²) in [4.78, 5) is 27.1. The van der Waals surface area contributed by atoms with Gasteiger partial charge in [0.2, 0.25) is 0 Å². The normalized spacial score (nSPS) is 16.8. The van der Waals surface area contributed by atoms with Crippen LogP contribution < -0.4 is 5.32 Å². The van der Waals surface area contributed by atoms with Crippen LogP contribution in [0, 0.1) is 13.8 Å². The molecule has 5 nitrogen and oxygen atoms in total. The average molecular weight is 300 g/mol. The highest BCUT2D eigenvalue weighted by Gasteiger charge is 2.42. The van der Waals surface area contributed by atoms with Crippen molar-refractivity contribution in [3.63, 3.8) is 0 Å². The van der Waals surface area contributed by atoms with E-state index in [9.17, 15) is 14.7 Å². The number of carboxylic acid groups (broad SMARTS) is 1. The molecule has 116 valence electrons. The molecule has 0 aliphatic heterocycles. The number of fused-ring (bicyclic) bond motifs is 1. The van der Waals surface area contributed by atoms with Crippen LogP contribution in [-0.4, -0.2) is 27.5 Å². The maximum Gasteiger partial charge on any atom is 0.329 e. The van der Waals surface area contributed by atoms with Gasteiger partial charge < -0.3 is 15.4 Å². The molecule has 0 bridgehead atoms. The van der Waals surface area contributed by atoms with Crippen molar-refractivity contribution >= 4 is 22.8 Å². The molecule has 1 heterocycles. The summed E-state index contributed by atoms with van der Waals surface area (Å²) < 4.78 is 0. The number of amides is 1.